The molecule has 2 N–H and O–H groups in total. The summed E-state index contributed by atoms with van der Waals surface area (Å²) in [6.45, 7) is 5.10. The largest absolute Gasteiger partial charge is 2.00 e. The van der Waals surface area contributed by atoms with Gasteiger partial charge in [-0.15, -0.1) is 12.6 Å². The van der Waals surface area contributed by atoms with Crippen LogP contribution in [0.5, 0.6) is 0 Å². The van der Waals surface area contributed by atoms with Crippen molar-refractivity contribution >= 4 is 6.21 Å². The molecule has 0 aliphatic heterocycles. The minimum atomic E-state index is -0.303. The van der Waals surface area contributed by atoms with Crippen LogP contribution in [-0.2, 0) is 17.1 Å². The van der Waals surface area contributed by atoms with E-state index in [-0.39, 0.29) is 29.2 Å². The summed E-state index contributed by atoms with van der Waals surface area (Å²) in [5.74, 6) is 0.845. The first-order valence-electron chi connectivity index (χ1n) is 7.60. The maximum atomic E-state index is 9.27. The van der Waals surface area contributed by atoms with Crippen LogP contribution in [0, 0.1) is 0 Å². The van der Waals surface area contributed by atoms with Crippen molar-refractivity contribution in [1.82, 2.24) is 9.97 Å². The Morgan fingerprint density at radius 1 is 1.30 bits per heavy atom. The van der Waals surface area contributed by atoms with Gasteiger partial charge in [0, 0.05) is 30.6 Å². The molecule has 127 valence electrons. The molecule has 1 heterocycles. The molecular formula is C17H23CuN4O+. The summed E-state index contributed by atoms with van der Waals surface area (Å²) >= 11 is 0. The Hall–Kier alpha value is -1.46. The quantitative estimate of drug-likeness (QED) is 0.430. The Morgan fingerprint density at radius 2 is 2.04 bits per heavy atom. The predicted octanol–water partition coefficient (Wildman–Crippen LogP) is 3.03. The van der Waals surface area contributed by atoms with Gasteiger partial charge in [-0.2, -0.15) is 0 Å². The summed E-state index contributed by atoms with van der Waals surface area (Å²) in [6, 6.07) is 10.2. The second-order valence-corrected chi connectivity index (χ2v) is 5.42. The number of aromatic amines is 1. The van der Waals surface area contributed by atoms with Gasteiger partial charge in [0.15, 0.2) is 0 Å². The Bertz CT molecular complexity index is 583. The van der Waals surface area contributed by atoms with E-state index in [1.807, 2.05) is 43.5 Å². The third kappa shape index (κ3) is 7.10. The molecule has 0 aliphatic carbocycles. The number of aliphatic imine (C=N–C) groups is 1. The van der Waals surface area contributed by atoms with Crippen LogP contribution in [0.15, 0.2) is 41.5 Å². The maximum Gasteiger partial charge on any atom is 2.00 e. The van der Waals surface area contributed by atoms with Crippen LogP contribution in [0.3, 0.4) is 0 Å². The minimum absolute atomic E-state index is 0. The number of imidazole rings is 1. The van der Waals surface area contributed by atoms with Crippen LogP contribution < -0.4 is 0 Å². The number of rotatable bonds is 8. The molecule has 6 heteroatoms. The summed E-state index contributed by atoms with van der Waals surface area (Å²) in [5, 5.41) is 13.7. The number of H-pyrrole nitrogens is 1. The monoisotopic (exact) mass is 362 g/mol. The fourth-order valence-electron chi connectivity index (χ4n) is 2.21. The topological polar surface area (TPSA) is 75.4 Å². The van der Waals surface area contributed by atoms with Crippen LogP contribution in [0.1, 0.15) is 26.0 Å². The van der Waals surface area contributed by atoms with Gasteiger partial charge in [0.1, 0.15) is 5.82 Å². The number of aliphatic hydroxyl groups excluding tert-OH is 1. The molecule has 23 heavy (non-hydrogen) atoms. The first-order valence-corrected chi connectivity index (χ1v) is 7.60. The van der Waals surface area contributed by atoms with Crippen molar-refractivity contribution in [3.63, 3.8) is 0 Å². The first kappa shape index (κ1) is 19.6. The van der Waals surface area contributed by atoms with E-state index in [1.54, 1.807) is 13.1 Å². The van der Waals surface area contributed by atoms with Gasteiger partial charge in [0.25, 0.3) is 0 Å². The van der Waals surface area contributed by atoms with Crippen LogP contribution >= 0.6 is 0 Å². The number of nitrogens with zero attached hydrogens (tertiary/aromatic N) is 3. The number of aliphatic hydroxyl groups is 1. The smallest absolute Gasteiger partial charge is 0.658 e. The molecule has 2 atom stereocenters. The van der Waals surface area contributed by atoms with Crippen LogP contribution in [0.25, 0.3) is 16.7 Å². The van der Waals surface area contributed by atoms with Gasteiger partial charge in [-0.25, -0.2) is 4.98 Å². The van der Waals surface area contributed by atoms with E-state index in [0.29, 0.717) is 19.5 Å². The van der Waals surface area contributed by atoms with E-state index in [9.17, 15) is 5.11 Å². The van der Waals surface area contributed by atoms with Crippen LogP contribution in [0.2, 0.25) is 0 Å². The van der Waals surface area contributed by atoms with Crippen molar-refractivity contribution in [2.45, 2.75) is 32.4 Å². The second kappa shape index (κ2) is 10.3. The molecule has 0 spiro atoms. The molecule has 0 fully saturated rings. The minimum Gasteiger partial charge on any atom is -0.658 e. The van der Waals surface area contributed by atoms with Crippen molar-refractivity contribution in [3.05, 3.63) is 47.5 Å². The summed E-state index contributed by atoms with van der Waals surface area (Å²) in [5.41, 5.74) is 1.87. The molecule has 2 rings (SSSR count). The van der Waals surface area contributed by atoms with Crippen molar-refractivity contribution in [1.29, 1.82) is 0 Å². The Kier molecular flexibility index (Phi) is 8.80. The SMILES string of the molecule is CC(O)CC(C)[N-]CCN=Cc1c[nH]c(-c2ccccc2)n1.[Cu+2]. The summed E-state index contributed by atoms with van der Waals surface area (Å²) in [6.07, 6.45) is 4.00. The number of aromatic nitrogens is 2. The molecule has 0 saturated heterocycles. The van der Waals surface area contributed by atoms with Crippen molar-refractivity contribution in [3.8, 4) is 11.4 Å². The van der Waals surface area contributed by atoms with Gasteiger partial charge >= 0.3 is 17.1 Å². The van der Waals surface area contributed by atoms with E-state index in [1.165, 1.54) is 0 Å². The Labute approximate surface area is 148 Å². The Morgan fingerprint density at radius 3 is 2.74 bits per heavy atom. The molecule has 1 radical (unpaired) electrons. The molecule has 1 aromatic heterocycles. The molecule has 5 nitrogen and oxygen atoms in total. The van der Waals surface area contributed by atoms with Gasteiger partial charge in [-0.05, 0) is 13.3 Å². The molecular weight excluding hydrogens is 340 g/mol. The average Bonchev–Trinajstić information content (AvgIpc) is 2.96. The molecule has 0 amide bonds. The second-order valence-electron chi connectivity index (χ2n) is 5.42. The van der Waals surface area contributed by atoms with Gasteiger partial charge < -0.3 is 15.4 Å². The molecule has 0 bridgehead atoms. The zero-order chi connectivity index (χ0) is 15.8. The fourth-order valence-corrected chi connectivity index (χ4v) is 2.21. The van der Waals surface area contributed by atoms with E-state index < -0.39 is 0 Å². The summed E-state index contributed by atoms with van der Waals surface area (Å²) in [4.78, 5) is 12.0. The standard InChI is InChI=1S/C17H23N4O.Cu/c1-13(10-14(2)22)19-9-8-18-11-16-12-20-17(21-16)15-6-4-3-5-7-15;/h3-7,11-14,22H,8-10H2,1-2H3,(H,20,21);/q-1;+2. The molecule has 2 unspecified atom stereocenters. The zero-order valence-electron chi connectivity index (χ0n) is 13.4. The normalized spacial score (nSPS) is 13.7. The van der Waals surface area contributed by atoms with Gasteiger partial charge in [0.05, 0.1) is 5.69 Å². The molecule has 1 aromatic carbocycles. The van der Waals surface area contributed by atoms with E-state index in [2.05, 4.69) is 20.3 Å². The van der Waals surface area contributed by atoms with E-state index in [0.717, 1.165) is 17.1 Å². The van der Waals surface area contributed by atoms with Crippen LogP contribution in [0.4, 0.5) is 0 Å². The van der Waals surface area contributed by atoms with E-state index >= 15 is 0 Å². The fraction of sp³-hybridized carbons (Fsp3) is 0.412. The van der Waals surface area contributed by atoms with Crippen molar-refractivity contribution in [2.75, 3.05) is 13.1 Å². The summed E-state index contributed by atoms with van der Waals surface area (Å²) < 4.78 is 0. The number of hydrogen-bond acceptors (Lipinski definition) is 3. The first-order chi connectivity index (χ1) is 10.6. The number of nitrogens with one attached hydrogen (secondary N) is 1. The molecule has 0 saturated carbocycles. The van der Waals surface area contributed by atoms with Gasteiger partial charge in [0.2, 0.25) is 0 Å². The number of hydrogen-bond donors (Lipinski definition) is 2. The molecule has 2 aromatic rings. The maximum absolute atomic E-state index is 9.27. The van der Waals surface area contributed by atoms with Gasteiger partial charge in [-0.1, -0.05) is 37.3 Å². The summed E-state index contributed by atoms with van der Waals surface area (Å²) in [7, 11) is 0. The Balaban J connectivity index is 0.00000264. The average molecular weight is 363 g/mol. The zero-order valence-corrected chi connectivity index (χ0v) is 14.3. The van der Waals surface area contributed by atoms with Gasteiger partial charge in [-0.3, -0.25) is 4.99 Å². The van der Waals surface area contributed by atoms with E-state index in [4.69, 9.17) is 0 Å². The van der Waals surface area contributed by atoms with Crippen molar-refractivity contribution in [2.24, 2.45) is 4.99 Å². The van der Waals surface area contributed by atoms with Crippen molar-refractivity contribution < 1.29 is 22.2 Å². The molecule has 0 aliphatic rings. The predicted molar refractivity (Wildman–Crippen MR) is 90.5 cm³/mol. The third-order valence-electron chi connectivity index (χ3n) is 3.22. The third-order valence-corrected chi connectivity index (χ3v) is 3.22. The van der Waals surface area contributed by atoms with Crippen LogP contribution in [-0.4, -0.2) is 46.5 Å². The number of benzene rings is 1.